The Balaban J connectivity index is 1.53. The van der Waals surface area contributed by atoms with E-state index in [1.54, 1.807) is 11.8 Å². The Morgan fingerprint density at radius 3 is 2.83 bits per heavy atom. The van der Waals surface area contributed by atoms with E-state index >= 15 is 0 Å². The predicted molar refractivity (Wildman–Crippen MR) is 92.3 cm³/mol. The number of carbonyl (C=O) groups is 1. The summed E-state index contributed by atoms with van der Waals surface area (Å²) in [6, 6.07) is 10.3. The number of aromatic nitrogens is 2. The zero-order valence-corrected chi connectivity index (χ0v) is 14.5. The molecule has 1 aliphatic rings. The van der Waals surface area contributed by atoms with E-state index in [0.29, 0.717) is 22.8 Å². The first kappa shape index (κ1) is 16.4. The monoisotopic (exact) mass is 349 g/mol. The van der Waals surface area contributed by atoms with E-state index in [4.69, 9.17) is 4.42 Å². The summed E-state index contributed by atoms with van der Waals surface area (Å²) in [4.78, 5) is 12.2. The standard InChI is InChI=1S/C16H19N3O2S2/c1-22-10-14-18-19-16(21-14)23-9-13(20)17-15(12-7-8-12)11-5-3-2-4-6-11/h2-6,12,15H,7-10H2,1H3,(H,17,20). The van der Waals surface area contributed by atoms with Gasteiger partial charge in [0.15, 0.2) is 0 Å². The molecule has 1 aromatic heterocycles. The molecular formula is C16H19N3O2S2. The van der Waals surface area contributed by atoms with Crippen molar-refractivity contribution < 1.29 is 9.21 Å². The first-order valence-electron chi connectivity index (χ1n) is 7.54. The van der Waals surface area contributed by atoms with Crippen molar-refractivity contribution in [2.75, 3.05) is 12.0 Å². The van der Waals surface area contributed by atoms with Crippen LogP contribution in [-0.2, 0) is 10.5 Å². The summed E-state index contributed by atoms with van der Waals surface area (Å²) < 4.78 is 5.46. The third-order valence-corrected chi connectivity index (χ3v) is 4.97. The molecule has 0 aliphatic heterocycles. The normalized spacial score (nSPS) is 15.3. The van der Waals surface area contributed by atoms with Crippen LogP contribution in [0.15, 0.2) is 40.0 Å². The number of amides is 1. The van der Waals surface area contributed by atoms with E-state index in [2.05, 4.69) is 27.6 Å². The third kappa shape index (κ3) is 4.75. The summed E-state index contributed by atoms with van der Waals surface area (Å²) in [5.41, 5.74) is 1.17. The molecule has 1 heterocycles. The SMILES string of the molecule is CSCc1nnc(SCC(=O)NC(c2ccccc2)C2CC2)o1. The van der Waals surface area contributed by atoms with Crippen molar-refractivity contribution in [3.8, 4) is 0 Å². The lowest BCUT2D eigenvalue weighted by Gasteiger charge is -2.18. The number of benzene rings is 1. The Labute approximate surface area is 144 Å². The van der Waals surface area contributed by atoms with E-state index in [0.717, 1.165) is 0 Å². The Morgan fingerprint density at radius 1 is 1.35 bits per heavy atom. The Kier molecular flexibility index (Phi) is 5.61. The van der Waals surface area contributed by atoms with Gasteiger partial charge in [-0.15, -0.1) is 10.2 Å². The predicted octanol–water partition coefficient (Wildman–Crippen LogP) is 3.29. The van der Waals surface area contributed by atoms with Crippen molar-refractivity contribution in [2.45, 2.75) is 29.9 Å². The molecular weight excluding hydrogens is 330 g/mol. The minimum absolute atomic E-state index is 0.000342. The highest BCUT2D eigenvalue weighted by Crippen LogP contribution is 2.41. The Hall–Kier alpha value is -1.47. The summed E-state index contributed by atoms with van der Waals surface area (Å²) in [5, 5.41) is 11.5. The fourth-order valence-electron chi connectivity index (χ4n) is 2.38. The molecule has 1 aliphatic carbocycles. The molecule has 1 saturated carbocycles. The molecule has 0 saturated heterocycles. The van der Waals surface area contributed by atoms with Crippen molar-refractivity contribution >= 4 is 29.4 Å². The molecule has 1 atom stereocenters. The van der Waals surface area contributed by atoms with Crippen LogP contribution in [0, 0.1) is 5.92 Å². The summed E-state index contributed by atoms with van der Waals surface area (Å²) in [7, 11) is 0. The maximum atomic E-state index is 12.2. The highest BCUT2D eigenvalue weighted by molar-refractivity contribution is 7.99. The smallest absolute Gasteiger partial charge is 0.277 e. The Morgan fingerprint density at radius 2 is 2.13 bits per heavy atom. The van der Waals surface area contributed by atoms with E-state index in [1.165, 1.54) is 30.2 Å². The average Bonchev–Trinajstić information content (AvgIpc) is 3.32. The lowest BCUT2D eigenvalue weighted by atomic mass is 10.0. The number of carbonyl (C=O) groups excluding carboxylic acids is 1. The number of rotatable bonds is 8. The molecule has 0 spiro atoms. The van der Waals surface area contributed by atoms with Crippen LogP contribution in [0.4, 0.5) is 0 Å². The number of nitrogens with zero attached hydrogens (tertiary/aromatic N) is 2. The molecule has 122 valence electrons. The van der Waals surface area contributed by atoms with Gasteiger partial charge in [-0.1, -0.05) is 42.1 Å². The van der Waals surface area contributed by atoms with Gasteiger partial charge in [-0.2, -0.15) is 11.8 Å². The van der Waals surface area contributed by atoms with Crippen molar-refractivity contribution in [1.82, 2.24) is 15.5 Å². The van der Waals surface area contributed by atoms with Crippen LogP contribution in [0.1, 0.15) is 30.3 Å². The molecule has 1 N–H and O–H groups in total. The third-order valence-electron chi connectivity index (χ3n) is 3.61. The summed E-state index contributed by atoms with van der Waals surface area (Å²) >= 11 is 2.91. The number of nitrogens with one attached hydrogen (secondary N) is 1. The fourth-order valence-corrected chi connectivity index (χ4v) is 3.34. The van der Waals surface area contributed by atoms with Gasteiger partial charge in [-0.25, -0.2) is 0 Å². The van der Waals surface area contributed by atoms with Gasteiger partial charge < -0.3 is 9.73 Å². The van der Waals surface area contributed by atoms with Crippen LogP contribution in [-0.4, -0.2) is 28.1 Å². The van der Waals surface area contributed by atoms with Crippen molar-refractivity contribution in [2.24, 2.45) is 5.92 Å². The van der Waals surface area contributed by atoms with Crippen molar-refractivity contribution in [1.29, 1.82) is 0 Å². The lowest BCUT2D eigenvalue weighted by molar-refractivity contribution is -0.119. The second-order valence-corrected chi connectivity index (χ2v) is 7.27. The second kappa shape index (κ2) is 7.88. The number of thioether (sulfide) groups is 2. The molecule has 0 bridgehead atoms. The zero-order valence-electron chi connectivity index (χ0n) is 12.9. The van der Waals surface area contributed by atoms with Crippen LogP contribution < -0.4 is 5.32 Å². The van der Waals surface area contributed by atoms with Crippen LogP contribution >= 0.6 is 23.5 Å². The highest BCUT2D eigenvalue weighted by atomic mass is 32.2. The van der Waals surface area contributed by atoms with Gasteiger partial charge in [-0.3, -0.25) is 4.79 Å². The molecule has 3 rings (SSSR count). The Bertz CT molecular complexity index is 644. The van der Waals surface area contributed by atoms with Gasteiger partial charge in [0.2, 0.25) is 11.8 Å². The van der Waals surface area contributed by atoms with Crippen molar-refractivity contribution in [3.05, 3.63) is 41.8 Å². The van der Waals surface area contributed by atoms with Crippen LogP contribution in [0.2, 0.25) is 0 Å². The van der Waals surface area contributed by atoms with Gasteiger partial charge >= 0.3 is 0 Å². The molecule has 7 heteroatoms. The van der Waals surface area contributed by atoms with Gasteiger partial charge in [0.05, 0.1) is 17.5 Å². The zero-order chi connectivity index (χ0) is 16.1. The number of hydrogen-bond acceptors (Lipinski definition) is 6. The van der Waals surface area contributed by atoms with Gasteiger partial charge in [0.1, 0.15) is 0 Å². The minimum atomic E-state index is 0.000342. The van der Waals surface area contributed by atoms with Crippen LogP contribution in [0.3, 0.4) is 0 Å². The molecule has 1 unspecified atom stereocenters. The molecule has 2 aromatic rings. The van der Waals surface area contributed by atoms with E-state index in [9.17, 15) is 4.79 Å². The first-order chi connectivity index (χ1) is 11.3. The van der Waals surface area contributed by atoms with E-state index in [-0.39, 0.29) is 17.7 Å². The van der Waals surface area contributed by atoms with Gasteiger partial charge in [0.25, 0.3) is 5.22 Å². The van der Waals surface area contributed by atoms with Crippen molar-refractivity contribution in [3.63, 3.8) is 0 Å². The second-order valence-electron chi connectivity index (χ2n) is 5.48. The summed E-state index contributed by atoms with van der Waals surface area (Å²) in [6.07, 6.45) is 4.33. The number of hydrogen-bond donors (Lipinski definition) is 1. The topological polar surface area (TPSA) is 68.0 Å². The first-order valence-corrected chi connectivity index (χ1v) is 9.92. The maximum absolute atomic E-state index is 12.2. The molecule has 0 radical (unpaired) electrons. The molecule has 5 nitrogen and oxygen atoms in total. The summed E-state index contributed by atoms with van der Waals surface area (Å²) in [5.74, 6) is 2.14. The molecule has 1 aromatic carbocycles. The molecule has 1 amide bonds. The summed E-state index contributed by atoms with van der Waals surface area (Å²) in [6.45, 7) is 0. The molecule has 1 fully saturated rings. The maximum Gasteiger partial charge on any atom is 0.277 e. The van der Waals surface area contributed by atoms with E-state index < -0.39 is 0 Å². The fraction of sp³-hybridized carbons (Fsp3) is 0.438. The van der Waals surface area contributed by atoms with Gasteiger partial charge in [0, 0.05) is 0 Å². The average molecular weight is 349 g/mol. The van der Waals surface area contributed by atoms with Gasteiger partial charge in [-0.05, 0) is 30.6 Å². The van der Waals surface area contributed by atoms with Crippen LogP contribution in [0.25, 0.3) is 0 Å². The van der Waals surface area contributed by atoms with Crippen LogP contribution in [0.5, 0.6) is 0 Å². The quantitative estimate of drug-likeness (QED) is 0.738. The highest BCUT2D eigenvalue weighted by Gasteiger charge is 2.33. The molecule has 23 heavy (non-hydrogen) atoms. The minimum Gasteiger partial charge on any atom is -0.415 e. The largest absolute Gasteiger partial charge is 0.415 e. The lowest BCUT2D eigenvalue weighted by Crippen LogP contribution is -2.31. The van der Waals surface area contributed by atoms with E-state index in [1.807, 2.05) is 24.5 Å².